The maximum atomic E-state index is 15.2. The molecule has 1 atom stereocenters. The van der Waals surface area contributed by atoms with E-state index in [0.717, 1.165) is 76.3 Å². The average molecular weight is 396 g/mol. The number of halogens is 2. The summed E-state index contributed by atoms with van der Waals surface area (Å²) in [5.74, 6) is -1.46. The van der Waals surface area contributed by atoms with Crippen molar-refractivity contribution in [2.24, 2.45) is 11.8 Å². The Bertz CT molecular complexity index is 708. The fraction of sp³-hybridized carbons (Fsp3) is 0.667. The first-order chi connectivity index (χ1) is 13.5. The molecule has 0 aromatic heterocycles. The zero-order valence-electron chi connectivity index (χ0n) is 15.8. The number of hydrogen-bond acceptors (Lipinski definition) is 4. The van der Waals surface area contributed by atoms with Gasteiger partial charge in [-0.2, -0.15) is 0 Å². The molecule has 2 saturated carbocycles. The van der Waals surface area contributed by atoms with Crippen LogP contribution in [0.1, 0.15) is 69.8 Å². The van der Waals surface area contributed by atoms with Gasteiger partial charge >= 0.3 is 12.6 Å². The van der Waals surface area contributed by atoms with E-state index in [1.807, 2.05) is 0 Å². The molecule has 1 heterocycles. The van der Waals surface area contributed by atoms with Gasteiger partial charge in [0.05, 0.1) is 5.56 Å². The van der Waals surface area contributed by atoms with Crippen molar-refractivity contribution < 1.29 is 32.9 Å². The first kappa shape index (κ1) is 19.4. The maximum Gasteiger partial charge on any atom is 0.510 e. The lowest BCUT2D eigenvalue weighted by molar-refractivity contribution is -0.325. The summed E-state index contributed by atoms with van der Waals surface area (Å²) in [6, 6.07) is 1.98. The van der Waals surface area contributed by atoms with Crippen molar-refractivity contribution in [3.63, 3.8) is 0 Å². The van der Waals surface area contributed by atoms with E-state index in [1.165, 1.54) is 0 Å². The van der Waals surface area contributed by atoms with E-state index < -0.39 is 29.9 Å². The molecule has 4 rings (SSSR count). The Kier molecular flexibility index (Phi) is 5.45. The standard InChI is InChI=1S/C21H26F2O5/c22-15-11-16(23)18-17(12-15)26-20(27-19(24)25)28-21(18,13-7-3-1-4-8-13)14-9-5-2-6-10-14/h11-14,20H,1-10H2,(H,24,25). The molecule has 2 fully saturated rings. The van der Waals surface area contributed by atoms with Crippen LogP contribution in [0.5, 0.6) is 5.75 Å². The Labute approximate surface area is 163 Å². The molecule has 0 saturated heterocycles. The second-order valence-corrected chi connectivity index (χ2v) is 8.13. The summed E-state index contributed by atoms with van der Waals surface area (Å²) in [6.07, 6.45) is 8.11. The smallest absolute Gasteiger partial charge is 0.450 e. The molecule has 5 nitrogen and oxygen atoms in total. The summed E-state index contributed by atoms with van der Waals surface area (Å²) in [7, 11) is 0. The SMILES string of the molecule is O=C(O)OC1Oc2cc(F)cc(F)c2C(C2CCCCC2)(C2CCCCC2)O1. The van der Waals surface area contributed by atoms with Crippen LogP contribution in [0.3, 0.4) is 0 Å². The van der Waals surface area contributed by atoms with Crippen molar-refractivity contribution in [2.75, 3.05) is 0 Å². The number of ether oxygens (including phenoxy) is 3. The van der Waals surface area contributed by atoms with Crippen molar-refractivity contribution in [1.29, 1.82) is 0 Å². The second-order valence-electron chi connectivity index (χ2n) is 8.13. The van der Waals surface area contributed by atoms with Crippen molar-refractivity contribution >= 4 is 6.16 Å². The van der Waals surface area contributed by atoms with Crippen LogP contribution < -0.4 is 4.74 Å². The third kappa shape index (κ3) is 3.45. The molecule has 0 bridgehead atoms. The molecule has 1 aliphatic heterocycles. The summed E-state index contributed by atoms with van der Waals surface area (Å²) in [5.41, 5.74) is -0.829. The van der Waals surface area contributed by atoms with Gasteiger partial charge < -0.3 is 14.6 Å². The second kappa shape index (κ2) is 7.85. The lowest BCUT2D eigenvalue weighted by Crippen LogP contribution is -2.53. The van der Waals surface area contributed by atoms with Crippen molar-refractivity contribution in [3.8, 4) is 5.75 Å². The predicted molar refractivity (Wildman–Crippen MR) is 95.8 cm³/mol. The highest BCUT2D eigenvalue weighted by molar-refractivity contribution is 5.57. The van der Waals surface area contributed by atoms with Gasteiger partial charge in [0.2, 0.25) is 0 Å². The molecule has 2 aliphatic carbocycles. The number of rotatable bonds is 3. The average Bonchev–Trinajstić information content (AvgIpc) is 2.67. The van der Waals surface area contributed by atoms with E-state index in [1.54, 1.807) is 0 Å². The van der Waals surface area contributed by atoms with Crippen LogP contribution in [0.2, 0.25) is 0 Å². The van der Waals surface area contributed by atoms with Gasteiger partial charge in [0.15, 0.2) is 0 Å². The minimum Gasteiger partial charge on any atom is -0.450 e. The van der Waals surface area contributed by atoms with Crippen LogP contribution in [0.25, 0.3) is 0 Å². The van der Waals surface area contributed by atoms with E-state index in [9.17, 15) is 9.18 Å². The predicted octanol–water partition coefficient (Wildman–Crippen LogP) is 5.71. The molecule has 0 amide bonds. The zero-order chi connectivity index (χ0) is 19.7. The van der Waals surface area contributed by atoms with Gasteiger partial charge in [0, 0.05) is 12.1 Å². The van der Waals surface area contributed by atoms with Gasteiger partial charge in [0.25, 0.3) is 0 Å². The highest BCUT2D eigenvalue weighted by Crippen LogP contribution is 2.56. The minimum atomic E-state index is -1.55. The fourth-order valence-electron chi connectivity index (χ4n) is 5.50. The molecular formula is C21H26F2O5. The Morgan fingerprint density at radius 1 is 1.00 bits per heavy atom. The monoisotopic (exact) mass is 396 g/mol. The van der Waals surface area contributed by atoms with Gasteiger partial charge in [-0.15, -0.1) is 0 Å². The molecule has 1 aromatic rings. The maximum absolute atomic E-state index is 15.2. The van der Waals surface area contributed by atoms with Crippen molar-refractivity contribution in [2.45, 2.75) is 76.3 Å². The van der Waals surface area contributed by atoms with Gasteiger partial charge in [-0.1, -0.05) is 38.5 Å². The van der Waals surface area contributed by atoms with E-state index in [-0.39, 0.29) is 23.1 Å². The minimum absolute atomic E-state index is 0.00635. The molecule has 1 aromatic carbocycles. The molecule has 28 heavy (non-hydrogen) atoms. The van der Waals surface area contributed by atoms with E-state index in [2.05, 4.69) is 0 Å². The van der Waals surface area contributed by atoms with Crippen LogP contribution in [0.15, 0.2) is 12.1 Å². The molecular weight excluding hydrogens is 370 g/mol. The highest BCUT2D eigenvalue weighted by Gasteiger charge is 2.55. The number of benzene rings is 1. The lowest BCUT2D eigenvalue weighted by atomic mass is 9.63. The third-order valence-corrected chi connectivity index (χ3v) is 6.54. The zero-order valence-corrected chi connectivity index (χ0v) is 15.8. The van der Waals surface area contributed by atoms with Crippen LogP contribution in [-0.4, -0.2) is 17.7 Å². The Morgan fingerprint density at radius 2 is 1.57 bits per heavy atom. The number of carbonyl (C=O) groups is 1. The molecule has 154 valence electrons. The molecule has 1 N–H and O–H groups in total. The normalized spacial score (nSPS) is 25.6. The first-order valence-electron chi connectivity index (χ1n) is 10.2. The van der Waals surface area contributed by atoms with Gasteiger partial charge in [0.1, 0.15) is 23.0 Å². The van der Waals surface area contributed by atoms with Gasteiger partial charge in [-0.25, -0.2) is 13.6 Å². The molecule has 1 unspecified atom stereocenters. The molecule has 0 radical (unpaired) electrons. The number of fused-ring (bicyclic) bond motifs is 1. The number of hydrogen-bond donors (Lipinski definition) is 1. The number of carboxylic acid groups (broad SMARTS) is 1. The Hall–Kier alpha value is -1.89. The van der Waals surface area contributed by atoms with Crippen LogP contribution in [0.4, 0.5) is 13.6 Å². The topological polar surface area (TPSA) is 65.0 Å². The van der Waals surface area contributed by atoms with Crippen molar-refractivity contribution in [3.05, 3.63) is 29.3 Å². The summed E-state index contributed by atoms with van der Waals surface area (Å²) in [5, 5.41) is 9.08. The van der Waals surface area contributed by atoms with Crippen LogP contribution in [-0.2, 0) is 15.1 Å². The van der Waals surface area contributed by atoms with E-state index >= 15 is 4.39 Å². The highest BCUT2D eigenvalue weighted by atomic mass is 19.1. The van der Waals surface area contributed by atoms with Crippen molar-refractivity contribution in [1.82, 2.24) is 0 Å². The quantitative estimate of drug-likeness (QED) is 0.663. The largest absolute Gasteiger partial charge is 0.510 e. The lowest BCUT2D eigenvalue weighted by Gasteiger charge is -2.52. The van der Waals surface area contributed by atoms with Gasteiger partial charge in [-0.05, 0) is 37.5 Å². The van der Waals surface area contributed by atoms with E-state index in [4.69, 9.17) is 19.3 Å². The summed E-state index contributed by atoms with van der Waals surface area (Å²) >= 11 is 0. The fourth-order valence-corrected chi connectivity index (χ4v) is 5.50. The molecule has 7 heteroatoms. The summed E-state index contributed by atoms with van der Waals surface area (Å²) in [6.45, 7) is -1.53. The third-order valence-electron chi connectivity index (χ3n) is 6.54. The molecule has 0 spiro atoms. The van der Waals surface area contributed by atoms with Gasteiger partial charge in [-0.3, -0.25) is 4.74 Å². The Balaban J connectivity index is 1.87. The van der Waals surface area contributed by atoms with Crippen LogP contribution in [0, 0.1) is 23.5 Å². The molecule has 3 aliphatic rings. The first-order valence-corrected chi connectivity index (χ1v) is 10.2. The van der Waals surface area contributed by atoms with Crippen LogP contribution >= 0.6 is 0 Å². The summed E-state index contributed by atoms with van der Waals surface area (Å²) in [4.78, 5) is 11.1. The Morgan fingerprint density at radius 3 is 2.11 bits per heavy atom. The summed E-state index contributed by atoms with van der Waals surface area (Å²) < 4.78 is 45.6. The van der Waals surface area contributed by atoms with E-state index in [0.29, 0.717) is 0 Å².